The maximum absolute atomic E-state index is 11.0. The number of nitro groups is 2. The summed E-state index contributed by atoms with van der Waals surface area (Å²) in [7, 11) is 2.17. The van der Waals surface area contributed by atoms with Crippen LogP contribution in [0.25, 0.3) is 0 Å². The molecule has 0 aliphatic heterocycles. The SMILES string of the molecule is COC(=O)NCCC(CCNC(=O)OC)([N+](=O)[O-])[N+](=O)[O-]. The second-order valence-electron chi connectivity index (χ2n) is 3.83. The molecule has 120 valence electrons. The third kappa shape index (κ3) is 5.46. The molecule has 21 heavy (non-hydrogen) atoms. The van der Waals surface area contributed by atoms with Crippen molar-refractivity contribution in [2.24, 2.45) is 0 Å². The molecule has 0 saturated carbocycles. The molecule has 0 aromatic heterocycles. The zero-order chi connectivity index (χ0) is 16.5. The summed E-state index contributed by atoms with van der Waals surface area (Å²) in [6, 6.07) is 0. The number of hydrogen-bond donors (Lipinski definition) is 2. The van der Waals surface area contributed by atoms with E-state index in [-0.39, 0.29) is 13.1 Å². The zero-order valence-electron chi connectivity index (χ0n) is 11.5. The lowest BCUT2D eigenvalue weighted by Gasteiger charge is -2.17. The summed E-state index contributed by atoms with van der Waals surface area (Å²) in [5, 5.41) is 26.3. The van der Waals surface area contributed by atoms with E-state index in [1.165, 1.54) is 0 Å². The van der Waals surface area contributed by atoms with Crippen LogP contribution < -0.4 is 10.6 Å². The average Bonchev–Trinajstić information content (AvgIpc) is 2.44. The van der Waals surface area contributed by atoms with Gasteiger partial charge >= 0.3 is 17.8 Å². The maximum Gasteiger partial charge on any atom is 0.461 e. The first-order valence-electron chi connectivity index (χ1n) is 5.72. The van der Waals surface area contributed by atoms with Gasteiger partial charge in [0, 0.05) is 13.1 Å². The molecule has 0 spiro atoms. The van der Waals surface area contributed by atoms with Crippen molar-refractivity contribution >= 4 is 12.2 Å². The van der Waals surface area contributed by atoms with Gasteiger partial charge in [0.05, 0.1) is 24.1 Å². The van der Waals surface area contributed by atoms with Crippen LogP contribution in [-0.2, 0) is 9.47 Å². The third-order valence-electron chi connectivity index (χ3n) is 2.64. The minimum Gasteiger partial charge on any atom is -0.453 e. The molecule has 0 aliphatic carbocycles. The van der Waals surface area contributed by atoms with Crippen LogP contribution in [-0.4, -0.2) is 55.0 Å². The molecular weight excluding hydrogens is 292 g/mol. The highest BCUT2D eigenvalue weighted by atomic mass is 16.7. The van der Waals surface area contributed by atoms with Gasteiger partial charge in [-0.1, -0.05) is 0 Å². The van der Waals surface area contributed by atoms with Gasteiger partial charge in [-0.15, -0.1) is 0 Å². The number of alkyl carbamates (subject to hydrolysis) is 2. The Labute approximate surface area is 119 Å². The Hall–Kier alpha value is -2.66. The Bertz CT molecular complexity index is 375. The minimum atomic E-state index is -2.53. The molecular formula is C9H16N4O8. The molecule has 2 N–H and O–H groups in total. The molecule has 0 atom stereocenters. The Morgan fingerprint density at radius 1 is 0.952 bits per heavy atom. The molecule has 0 unspecified atom stereocenters. The van der Waals surface area contributed by atoms with Crippen molar-refractivity contribution in [3.05, 3.63) is 20.2 Å². The normalized spacial score (nSPS) is 10.4. The number of hydrogen-bond acceptors (Lipinski definition) is 8. The first kappa shape index (κ1) is 18.3. The largest absolute Gasteiger partial charge is 0.461 e. The molecule has 0 heterocycles. The molecule has 0 rings (SSSR count). The number of nitrogens with one attached hydrogen (secondary N) is 2. The highest BCUT2D eigenvalue weighted by molar-refractivity contribution is 5.67. The summed E-state index contributed by atoms with van der Waals surface area (Å²) in [5.74, 6) is 0. The number of methoxy groups -OCH3 is 2. The first-order chi connectivity index (χ1) is 9.80. The zero-order valence-corrected chi connectivity index (χ0v) is 11.5. The van der Waals surface area contributed by atoms with Gasteiger partial charge in [-0.25, -0.2) is 9.59 Å². The highest BCUT2D eigenvalue weighted by Gasteiger charge is 2.55. The molecule has 12 heteroatoms. The van der Waals surface area contributed by atoms with Crippen molar-refractivity contribution < 1.29 is 28.9 Å². The van der Waals surface area contributed by atoms with E-state index >= 15 is 0 Å². The van der Waals surface area contributed by atoms with Crippen LogP contribution in [0.1, 0.15) is 12.8 Å². The van der Waals surface area contributed by atoms with E-state index in [0.717, 1.165) is 14.2 Å². The van der Waals surface area contributed by atoms with Gasteiger partial charge in [0.2, 0.25) is 0 Å². The minimum absolute atomic E-state index is 0.327. The predicted octanol–water partition coefficient (Wildman–Crippen LogP) is -0.272. The molecule has 0 bridgehead atoms. The van der Waals surface area contributed by atoms with Gasteiger partial charge in [0.15, 0.2) is 0 Å². The fraction of sp³-hybridized carbons (Fsp3) is 0.778. The Balaban J connectivity index is 4.76. The number of carbonyl (C=O) groups excluding carboxylic acids is 2. The van der Waals surface area contributed by atoms with Gasteiger partial charge in [-0.05, 0) is 0 Å². The summed E-state index contributed by atoms with van der Waals surface area (Å²) in [5.41, 5.74) is -2.53. The highest BCUT2D eigenvalue weighted by Crippen LogP contribution is 2.20. The number of carbonyl (C=O) groups is 2. The van der Waals surface area contributed by atoms with Crippen molar-refractivity contribution in [1.29, 1.82) is 0 Å². The van der Waals surface area contributed by atoms with Crippen LogP contribution in [0.15, 0.2) is 0 Å². The smallest absolute Gasteiger partial charge is 0.453 e. The lowest BCUT2D eigenvalue weighted by atomic mass is 10.0. The fourth-order valence-electron chi connectivity index (χ4n) is 1.43. The van der Waals surface area contributed by atoms with Gasteiger partial charge < -0.3 is 20.1 Å². The van der Waals surface area contributed by atoms with Gasteiger partial charge in [-0.3, -0.25) is 20.2 Å². The molecule has 0 saturated heterocycles. The summed E-state index contributed by atoms with van der Waals surface area (Å²) < 4.78 is 8.50. The first-order valence-corrected chi connectivity index (χ1v) is 5.72. The van der Waals surface area contributed by atoms with Gasteiger partial charge in [0.1, 0.15) is 12.8 Å². The van der Waals surface area contributed by atoms with Crippen molar-refractivity contribution in [2.75, 3.05) is 27.3 Å². The summed E-state index contributed by atoms with van der Waals surface area (Å²) in [4.78, 5) is 41.6. The van der Waals surface area contributed by atoms with Crippen LogP contribution in [0.4, 0.5) is 9.59 Å². The summed E-state index contributed by atoms with van der Waals surface area (Å²) in [6.45, 7) is -0.653. The number of amides is 2. The monoisotopic (exact) mass is 308 g/mol. The maximum atomic E-state index is 11.0. The second kappa shape index (κ2) is 8.50. The lowest BCUT2D eigenvalue weighted by molar-refractivity contribution is -0.798. The van der Waals surface area contributed by atoms with E-state index in [4.69, 9.17) is 0 Å². The molecule has 0 aliphatic rings. The van der Waals surface area contributed by atoms with E-state index in [1.54, 1.807) is 0 Å². The van der Waals surface area contributed by atoms with Crippen molar-refractivity contribution in [3.63, 3.8) is 0 Å². The standard InChI is InChI=1S/C9H16N4O8/c1-20-7(14)10-5-3-9(12(16)17,13(18)19)4-6-11-8(15)21-2/h3-6H2,1-2H3,(H,10,14)(H,11,15). The predicted molar refractivity (Wildman–Crippen MR) is 66.8 cm³/mol. The topological polar surface area (TPSA) is 163 Å². The lowest BCUT2D eigenvalue weighted by Crippen LogP contribution is -2.50. The van der Waals surface area contributed by atoms with E-state index in [9.17, 15) is 29.8 Å². The van der Waals surface area contributed by atoms with E-state index in [0.29, 0.717) is 0 Å². The van der Waals surface area contributed by atoms with Crippen molar-refractivity contribution in [3.8, 4) is 0 Å². The Kier molecular flexibility index (Phi) is 7.42. The molecule has 0 radical (unpaired) electrons. The Morgan fingerprint density at radius 3 is 1.52 bits per heavy atom. The third-order valence-corrected chi connectivity index (χ3v) is 2.64. The van der Waals surface area contributed by atoms with Crippen molar-refractivity contribution in [1.82, 2.24) is 10.6 Å². The van der Waals surface area contributed by atoms with Crippen LogP contribution >= 0.6 is 0 Å². The molecule has 12 nitrogen and oxygen atoms in total. The molecule has 0 aromatic carbocycles. The molecule has 0 aromatic rings. The van der Waals surface area contributed by atoms with Gasteiger partial charge in [-0.2, -0.15) is 0 Å². The number of rotatable bonds is 8. The Morgan fingerprint density at radius 2 is 1.29 bits per heavy atom. The average molecular weight is 308 g/mol. The van der Waals surface area contributed by atoms with Crippen LogP contribution in [0, 0.1) is 20.2 Å². The van der Waals surface area contributed by atoms with Crippen molar-refractivity contribution in [2.45, 2.75) is 18.5 Å². The number of ether oxygens (including phenoxy) is 2. The van der Waals surface area contributed by atoms with Crippen LogP contribution in [0.5, 0.6) is 0 Å². The van der Waals surface area contributed by atoms with Crippen LogP contribution in [0.3, 0.4) is 0 Å². The van der Waals surface area contributed by atoms with E-state index < -0.39 is 40.5 Å². The number of nitrogens with zero attached hydrogens (tertiary/aromatic N) is 2. The summed E-state index contributed by atoms with van der Waals surface area (Å²) in [6.07, 6.45) is -2.85. The summed E-state index contributed by atoms with van der Waals surface area (Å²) >= 11 is 0. The molecule has 2 amide bonds. The molecule has 0 fully saturated rings. The second-order valence-corrected chi connectivity index (χ2v) is 3.83. The quantitative estimate of drug-likeness (QED) is 0.351. The van der Waals surface area contributed by atoms with E-state index in [2.05, 4.69) is 20.1 Å². The fourth-order valence-corrected chi connectivity index (χ4v) is 1.43. The van der Waals surface area contributed by atoms with E-state index in [1.807, 2.05) is 0 Å². The van der Waals surface area contributed by atoms with Gasteiger partial charge in [0.25, 0.3) is 0 Å². The van der Waals surface area contributed by atoms with Crippen LogP contribution in [0.2, 0.25) is 0 Å².